The second-order valence-corrected chi connectivity index (χ2v) is 3.98. The average Bonchev–Trinajstić information content (AvgIpc) is 2.29. The van der Waals surface area contributed by atoms with Gasteiger partial charge in [0.05, 0.1) is 0 Å². The summed E-state index contributed by atoms with van der Waals surface area (Å²) in [6.07, 6.45) is 1.14. The standard InChI is InChI=1S/C9H15NO3/c1-5(2)3-6-4-7(11)10-8(6)9(12)13/h5-6,8H,3-4H2,1-2H3,(H,10,11)(H,12,13)/t6?,8-/m0/s1. The third-order valence-corrected chi connectivity index (χ3v) is 2.28. The molecule has 1 saturated heterocycles. The Balaban J connectivity index is 2.60. The van der Waals surface area contributed by atoms with Crippen molar-refractivity contribution in [1.82, 2.24) is 5.32 Å². The molecule has 2 N–H and O–H groups in total. The molecule has 4 nitrogen and oxygen atoms in total. The van der Waals surface area contributed by atoms with Crippen LogP contribution in [0.3, 0.4) is 0 Å². The van der Waals surface area contributed by atoms with Crippen LogP contribution in [0.1, 0.15) is 26.7 Å². The molecule has 0 aromatic heterocycles. The lowest BCUT2D eigenvalue weighted by molar-refractivity contribution is -0.141. The van der Waals surface area contributed by atoms with Crippen LogP contribution in [-0.2, 0) is 9.59 Å². The molecule has 13 heavy (non-hydrogen) atoms. The topological polar surface area (TPSA) is 66.4 Å². The first-order chi connectivity index (χ1) is 6.00. The number of carbonyl (C=O) groups is 2. The zero-order valence-electron chi connectivity index (χ0n) is 7.91. The molecule has 0 aromatic carbocycles. The molecule has 0 spiro atoms. The van der Waals surface area contributed by atoms with Crippen molar-refractivity contribution in [2.45, 2.75) is 32.7 Å². The second kappa shape index (κ2) is 3.77. The van der Waals surface area contributed by atoms with Crippen molar-refractivity contribution in [2.24, 2.45) is 11.8 Å². The van der Waals surface area contributed by atoms with Gasteiger partial charge in [-0.2, -0.15) is 0 Å². The fourth-order valence-electron chi connectivity index (χ4n) is 1.79. The van der Waals surface area contributed by atoms with Crippen LogP contribution in [0.2, 0.25) is 0 Å². The van der Waals surface area contributed by atoms with Gasteiger partial charge < -0.3 is 10.4 Å². The number of rotatable bonds is 3. The van der Waals surface area contributed by atoms with Crippen molar-refractivity contribution < 1.29 is 14.7 Å². The molecule has 1 aliphatic rings. The smallest absolute Gasteiger partial charge is 0.326 e. The highest BCUT2D eigenvalue weighted by atomic mass is 16.4. The summed E-state index contributed by atoms with van der Waals surface area (Å²) in [6, 6.07) is -0.671. The number of amides is 1. The van der Waals surface area contributed by atoms with Crippen molar-refractivity contribution in [3.63, 3.8) is 0 Å². The summed E-state index contributed by atoms with van der Waals surface area (Å²) in [6.45, 7) is 4.06. The molecule has 0 aromatic rings. The van der Waals surface area contributed by atoms with E-state index in [1.165, 1.54) is 0 Å². The van der Waals surface area contributed by atoms with Crippen molar-refractivity contribution in [1.29, 1.82) is 0 Å². The summed E-state index contributed by atoms with van der Waals surface area (Å²) in [4.78, 5) is 21.7. The summed E-state index contributed by atoms with van der Waals surface area (Å²) >= 11 is 0. The minimum Gasteiger partial charge on any atom is -0.480 e. The Labute approximate surface area is 77.3 Å². The number of carboxylic acid groups (broad SMARTS) is 1. The van der Waals surface area contributed by atoms with E-state index in [9.17, 15) is 9.59 Å². The Bertz CT molecular complexity index is 225. The monoisotopic (exact) mass is 185 g/mol. The van der Waals surface area contributed by atoms with Gasteiger partial charge >= 0.3 is 5.97 Å². The van der Waals surface area contributed by atoms with E-state index in [-0.39, 0.29) is 11.8 Å². The number of carbonyl (C=O) groups excluding carboxylic acids is 1. The minimum absolute atomic E-state index is 0.0370. The van der Waals surface area contributed by atoms with E-state index in [1.807, 2.05) is 13.8 Å². The minimum atomic E-state index is -0.920. The van der Waals surface area contributed by atoms with Crippen LogP contribution in [0.15, 0.2) is 0 Å². The molecule has 0 aliphatic carbocycles. The molecule has 0 bridgehead atoms. The van der Waals surface area contributed by atoms with Gasteiger partial charge in [0.1, 0.15) is 6.04 Å². The lowest BCUT2D eigenvalue weighted by Gasteiger charge is -2.16. The van der Waals surface area contributed by atoms with Gasteiger partial charge in [-0.1, -0.05) is 13.8 Å². The summed E-state index contributed by atoms with van der Waals surface area (Å²) in [5.41, 5.74) is 0. The van der Waals surface area contributed by atoms with Gasteiger partial charge in [0, 0.05) is 6.42 Å². The second-order valence-electron chi connectivity index (χ2n) is 3.98. The normalized spacial score (nSPS) is 27.8. The summed E-state index contributed by atoms with van der Waals surface area (Å²) in [5.74, 6) is -0.667. The van der Waals surface area contributed by atoms with E-state index in [2.05, 4.69) is 5.32 Å². The van der Waals surface area contributed by atoms with Gasteiger partial charge in [0.2, 0.25) is 5.91 Å². The van der Waals surface area contributed by atoms with Gasteiger partial charge in [0.25, 0.3) is 0 Å². The quantitative estimate of drug-likeness (QED) is 0.677. The molecule has 1 amide bonds. The number of aliphatic carboxylic acids is 1. The number of hydrogen-bond acceptors (Lipinski definition) is 2. The van der Waals surface area contributed by atoms with Crippen molar-refractivity contribution in [2.75, 3.05) is 0 Å². The van der Waals surface area contributed by atoms with Crippen molar-refractivity contribution in [3.05, 3.63) is 0 Å². The summed E-state index contributed by atoms with van der Waals surface area (Å²) in [7, 11) is 0. The molecular weight excluding hydrogens is 170 g/mol. The van der Waals surface area contributed by atoms with Crippen LogP contribution in [0.4, 0.5) is 0 Å². The Morgan fingerprint density at radius 3 is 2.77 bits per heavy atom. The Morgan fingerprint density at radius 2 is 2.31 bits per heavy atom. The largest absolute Gasteiger partial charge is 0.480 e. The first-order valence-electron chi connectivity index (χ1n) is 4.53. The first kappa shape index (κ1) is 10.0. The predicted molar refractivity (Wildman–Crippen MR) is 47.1 cm³/mol. The maximum Gasteiger partial charge on any atom is 0.326 e. The average molecular weight is 185 g/mol. The molecule has 0 saturated carbocycles. The lowest BCUT2D eigenvalue weighted by atomic mass is 9.91. The Morgan fingerprint density at radius 1 is 1.69 bits per heavy atom. The van der Waals surface area contributed by atoms with E-state index in [0.29, 0.717) is 12.3 Å². The molecule has 4 heteroatoms. The highest BCUT2D eigenvalue weighted by Gasteiger charge is 2.37. The van der Waals surface area contributed by atoms with E-state index in [1.54, 1.807) is 0 Å². The van der Waals surface area contributed by atoms with Crippen molar-refractivity contribution in [3.8, 4) is 0 Å². The van der Waals surface area contributed by atoms with Crippen LogP contribution in [0, 0.1) is 11.8 Å². The van der Waals surface area contributed by atoms with Crippen LogP contribution in [0.25, 0.3) is 0 Å². The summed E-state index contributed by atoms with van der Waals surface area (Å²) in [5, 5.41) is 11.3. The number of hydrogen-bond donors (Lipinski definition) is 2. The van der Waals surface area contributed by atoms with Crippen LogP contribution in [0.5, 0.6) is 0 Å². The van der Waals surface area contributed by atoms with Gasteiger partial charge in [-0.25, -0.2) is 4.79 Å². The molecule has 1 heterocycles. The third kappa shape index (κ3) is 2.44. The highest BCUT2D eigenvalue weighted by molar-refractivity contribution is 5.87. The van der Waals surface area contributed by atoms with Crippen LogP contribution in [-0.4, -0.2) is 23.0 Å². The molecule has 1 rings (SSSR count). The molecule has 0 radical (unpaired) electrons. The maximum absolute atomic E-state index is 11.0. The molecule has 1 aliphatic heterocycles. The summed E-state index contributed by atoms with van der Waals surface area (Å²) < 4.78 is 0. The molecule has 1 fully saturated rings. The molecule has 74 valence electrons. The molecule has 1 unspecified atom stereocenters. The SMILES string of the molecule is CC(C)CC1CC(=O)N[C@@H]1C(=O)O. The van der Waals surface area contributed by atoms with Crippen LogP contribution >= 0.6 is 0 Å². The Hall–Kier alpha value is -1.06. The van der Waals surface area contributed by atoms with E-state index < -0.39 is 12.0 Å². The predicted octanol–water partition coefficient (Wildman–Crippen LogP) is 0.622. The van der Waals surface area contributed by atoms with Crippen LogP contribution < -0.4 is 5.32 Å². The zero-order chi connectivity index (χ0) is 10.0. The molecule has 2 atom stereocenters. The van der Waals surface area contributed by atoms with E-state index in [0.717, 1.165) is 6.42 Å². The third-order valence-electron chi connectivity index (χ3n) is 2.28. The van der Waals surface area contributed by atoms with Gasteiger partial charge in [-0.15, -0.1) is 0 Å². The zero-order valence-corrected chi connectivity index (χ0v) is 7.91. The van der Waals surface area contributed by atoms with Gasteiger partial charge in [-0.05, 0) is 18.3 Å². The van der Waals surface area contributed by atoms with E-state index >= 15 is 0 Å². The Kier molecular flexibility index (Phi) is 2.90. The first-order valence-corrected chi connectivity index (χ1v) is 4.53. The van der Waals surface area contributed by atoms with Crippen molar-refractivity contribution >= 4 is 11.9 Å². The lowest BCUT2D eigenvalue weighted by Crippen LogP contribution is -2.37. The fourth-order valence-corrected chi connectivity index (χ4v) is 1.79. The number of nitrogens with one attached hydrogen (secondary N) is 1. The van der Waals surface area contributed by atoms with E-state index in [4.69, 9.17) is 5.11 Å². The molecular formula is C9H15NO3. The van der Waals surface area contributed by atoms with Gasteiger partial charge in [-0.3, -0.25) is 4.79 Å². The fraction of sp³-hybridized carbons (Fsp3) is 0.778. The van der Waals surface area contributed by atoms with Gasteiger partial charge in [0.15, 0.2) is 0 Å². The number of carboxylic acids is 1. The maximum atomic E-state index is 11.0. The highest BCUT2D eigenvalue weighted by Crippen LogP contribution is 2.24.